The Hall–Kier alpha value is -0.900. The van der Waals surface area contributed by atoms with Gasteiger partial charge in [-0.3, -0.25) is 0 Å². The van der Waals surface area contributed by atoms with Crippen LogP contribution in [0.25, 0.3) is 0 Å². The van der Waals surface area contributed by atoms with Gasteiger partial charge in [0.05, 0.1) is 0 Å². The van der Waals surface area contributed by atoms with Crippen LogP contribution in [0.1, 0.15) is 62.6 Å². The van der Waals surface area contributed by atoms with Crippen molar-refractivity contribution in [1.82, 2.24) is 19.7 Å². The van der Waals surface area contributed by atoms with Gasteiger partial charge in [0.2, 0.25) is 0 Å². The van der Waals surface area contributed by atoms with E-state index in [2.05, 4.69) is 33.5 Å². The molecule has 0 radical (unpaired) electrons. The van der Waals surface area contributed by atoms with Crippen LogP contribution < -0.4 is 0 Å². The van der Waals surface area contributed by atoms with E-state index in [1.54, 1.807) is 0 Å². The monoisotopic (exact) mass is 288 g/mol. The van der Waals surface area contributed by atoms with Crippen LogP contribution in [0, 0.1) is 25.7 Å². The number of fused-ring (bicyclic) bond motifs is 1. The Kier molecular flexibility index (Phi) is 3.52. The first-order valence-electron chi connectivity index (χ1n) is 8.84. The molecule has 2 heterocycles. The molecule has 1 aromatic heterocycles. The molecule has 1 aromatic rings. The van der Waals surface area contributed by atoms with E-state index in [9.17, 15) is 0 Å². The first-order chi connectivity index (χ1) is 10.2. The van der Waals surface area contributed by atoms with Crippen LogP contribution in [0.5, 0.6) is 0 Å². The van der Waals surface area contributed by atoms with Crippen molar-refractivity contribution >= 4 is 0 Å². The van der Waals surface area contributed by atoms with Gasteiger partial charge >= 0.3 is 0 Å². The Balaban J connectivity index is 1.37. The first kappa shape index (κ1) is 13.7. The molecule has 4 nitrogen and oxygen atoms in total. The molecule has 0 N–H and O–H groups in total. The Morgan fingerprint density at radius 3 is 1.95 bits per heavy atom. The van der Waals surface area contributed by atoms with E-state index in [0.29, 0.717) is 6.04 Å². The number of piperidine rings is 1. The lowest BCUT2D eigenvalue weighted by Gasteiger charge is -2.37. The van der Waals surface area contributed by atoms with E-state index in [-0.39, 0.29) is 0 Å². The van der Waals surface area contributed by atoms with E-state index in [1.807, 2.05) is 0 Å². The molecule has 21 heavy (non-hydrogen) atoms. The smallest absolute Gasteiger partial charge is 0.130 e. The number of aryl methyl sites for hydroxylation is 2. The standard InChI is InChI=1S/C17H28N4/c1-12-18-19-13(2)21(12)16-6-8-20(9-7-16)17-10-14-4-3-5-15(14)11-17/h14-17H,3-11H2,1-2H3/t14-,15?,17?/m1/s1. The number of nitrogens with zero attached hydrogens (tertiary/aromatic N) is 4. The molecule has 2 saturated carbocycles. The summed E-state index contributed by atoms with van der Waals surface area (Å²) in [5, 5.41) is 8.45. The summed E-state index contributed by atoms with van der Waals surface area (Å²) in [6.07, 6.45) is 10.0. The van der Waals surface area contributed by atoms with E-state index < -0.39 is 0 Å². The fraction of sp³-hybridized carbons (Fsp3) is 0.882. The number of aromatic nitrogens is 3. The summed E-state index contributed by atoms with van der Waals surface area (Å²) in [6, 6.07) is 1.52. The molecule has 2 aliphatic carbocycles. The molecule has 116 valence electrons. The second kappa shape index (κ2) is 5.38. The lowest BCUT2D eigenvalue weighted by atomic mass is 10.0. The molecule has 0 aromatic carbocycles. The Labute approximate surface area is 127 Å². The Morgan fingerprint density at radius 1 is 0.810 bits per heavy atom. The number of hydrogen-bond donors (Lipinski definition) is 0. The summed E-state index contributed by atoms with van der Waals surface area (Å²) in [5.74, 6) is 4.30. The lowest BCUT2D eigenvalue weighted by Crippen LogP contribution is -2.41. The summed E-state index contributed by atoms with van der Waals surface area (Å²) in [4.78, 5) is 2.80. The molecule has 3 atom stereocenters. The average Bonchev–Trinajstić information content (AvgIpc) is 3.14. The molecule has 3 fully saturated rings. The van der Waals surface area contributed by atoms with Crippen molar-refractivity contribution in [3.05, 3.63) is 11.6 Å². The minimum absolute atomic E-state index is 0.622. The van der Waals surface area contributed by atoms with Crippen molar-refractivity contribution in [3.8, 4) is 0 Å². The third-order valence-corrected chi connectivity index (χ3v) is 6.38. The van der Waals surface area contributed by atoms with Crippen molar-refractivity contribution in [1.29, 1.82) is 0 Å². The van der Waals surface area contributed by atoms with Crippen LogP contribution in [0.2, 0.25) is 0 Å². The molecular formula is C17H28N4. The van der Waals surface area contributed by atoms with Gasteiger partial charge in [-0.15, -0.1) is 10.2 Å². The number of hydrogen-bond acceptors (Lipinski definition) is 3. The van der Waals surface area contributed by atoms with Gasteiger partial charge in [-0.25, -0.2) is 0 Å². The highest BCUT2D eigenvalue weighted by atomic mass is 15.3. The molecule has 0 amide bonds. The lowest BCUT2D eigenvalue weighted by molar-refractivity contribution is 0.130. The van der Waals surface area contributed by atoms with Gasteiger partial charge in [-0.05, 0) is 51.4 Å². The van der Waals surface area contributed by atoms with E-state index in [0.717, 1.165) is 29.5 Å². The van der Waals surface area contributed by atoms with Crippen LogP contribution in [-0.4, -0.2) is 38.8 Å². The zero-order valence-corrected chi connectivity index (χ0v) is 13.5. The summed E-state index contributed by atoms with van der Waals surface area (Å²) < 4.78 is 2.36. The maximum absolute atomic E-state index is 4.23. The zero-order chi connectivity index (χ0) is 14.4. The zero-order valence-electron chi connectivity index (χ0n) is 13.5. The first-order valence-corrected chi connectivity index (χ1v) is 8.84. The van der Waals surface area contributed by atoms with E-state index >= 15 is 0 Å². The molecule has 4 rings (SSSR count). The van der Waals surface area contributed by atoms with Crippen molar-refractivity contribution in [2.24, 2.45) is 11.8 Å². The van der Waals surface area contributed by atoms with Gasteiger partial charge in [0, 0.05) is 25.2 Å². The highest BCUT2D eigenvalue weighted by molar-refractivity contribution is 4.98. The summed E-state index contributed by atoms with van der Waals surface area (Å²) >= 11 is 0. The van der Waals surface area contributed by atoms with Gasteiger partial charge < -0.3 is 9.47 Å². The second-order valence-electron chi connectivity index (χ2n) is 7.51. The minimum Gasteiger partial charge on any atom is -0.312 e. The quantitative estimate of drug-likeness (QED) is 0.838. The van der Waals surface area contributed by atoms with Crippen molar-refractivity contribution in [3.63, 3.8) is 0 Å². The molecule has 4 heteroatoms. The fourth-order valence-electron chi connectivity index (χ4n) is 5.34. The van der Waals surface area contributed by atoms with Crippen LogP contribution >= 0.6 is 0 Å². The maximum atomic E-state index is 4.23. The molecule has 2 unspecified atom stereocenters. The Morgan fingerprint density at radius 2 is 1.38 bits per heavy atom. The predicted octanol–water partition coefficient (Wildman–Crippen LogP) is 3.11. The fourth-order valence-corrected chi connectivity index (χ4v) is 5.34. The molecular weight excluding hydrogens is 260 g/mol. The van der Waals surface area contributed by atoms with Gasteiger partial charge in [-0.1, -0.05) is 19.3 Å². The van der Waals surface area contributed by atoms with Crippen LogP contribution in [-0.2, 0) is 0 Å². The van der Waals surface area contributed by atoms with Crippen LogP contribution in [0.15, 0.2) is 0 Å². The molecule has 3 aliphatic rings. The number of likely N-dealkylation sites (tertiary alicyclic amines) is 1. The van der Waals surface area contributed by atoms with Crippen molar-refractivity contribution in [2.45, 2.75) is 70.9 Å². The normalized spacial score (nSPS) is 34.5. The number of rotatable bonds is 2. The largest absolute Gasteiger partial charge is 0.312 e. The molecule has 1 saturated heterocycles. The van der Waals surface area contributed by atoms with Crippen molar-refractivity contribution < 1.29 is 0 Å². The highest BCUT2D eigenvalue weighted by Crippen LogP contribution is 2.46. The Bertz CT molecular complexity index is 469. The molecule has 1 aliphatic heterocycles. The summed E-state index contributed by atoms with van der Waals surface area (Å²) in [7, 11) is 0. The SMILES string of the molecule is Cc1nnc(C)n1C1CCN(C2CC3CCC[C@@H]3C2)CC1. The van der Waals surface area contributed by atoms with Gasteiger partial charge in [-0.2, -0.15) is 0 Å². The second-order valence-corrected chi connectivity index (χ2v) is 7.51. The average molecular weight is 288 g/mol. The third-order valence-electron chi connectivity index (χ3n) is 6.38. The van der Waals surface area contributed by atoms with Crippen LogP contribution in [0.4, 0.5) is 0 Å². The van der Waals surface area contributed by atoms with Gasteiger partial charge in [0.1, 0.15) is 11.6 Å². The third kappa shape index (κ3) is 2.41. The topological polar surface area (TPSA) is 34.0 Å². The maximum Gasteiger partial charge on any atom is 0.130 e. The predicted molar refractivity (Wildman–Crippen MR) is 83.2 cm³/mol. The highest BCUT2D eigenvalue weighted by Gasteiger charge is 2.40. The van der Waals surface area contributed by atoms with E-state index in [4.69, 9.17) is 0 Å². The summed E-state index contributed by atoms with van der Waals surface area (Å²) in [6.45, 7) is 6.72. The van der Waals surface area contributed by atoms with Crippen molar-refractivity contribution in [2.75, 3.05) is 13.1 Å². The van der Waals surface area contributed by atoms with Crippen LogP contribution in [0.3, 0.4) is 0 Å². The summed E-state index contributed by atoms with van der Waals surface area (Å²) in [5.41, 5.74) is 0. The van der Waals surface area contributed by atoms with E-state index in [1.165, 1.54) is 58.0 Å². The molecule has 0 spiro atoms. The molecule has 0 bridgehead atoms. The minimum atomic E-state index is 0.622. The van der Waals surface area contributed by atoms with Gasteiger partial charge in [0.15, 0.2) is 0 Å². The van der Waals surface area contributed by atoms with Gasteiger partial charge in [0.25, 0.3) is 0 Å².